The first-order chi connectivity index (χ1) is 10.9. The second-order valence-corrected chi connectivity index (χ2v) is 7.42. The Bertz CT molecular complexity index is 773. The van der Waals surface area contributed by atoms with E-state index < -0.39 is 10.0 Å². The van der Waals surface area contributed by atoms with Gasteiger partial charge in [0.25, 0.3) is 10.0 Å². The lowest BCUT2D eigenvalue weighted by Gasteiger charge is -2.13. The van der Waals surface area contributed by atoms with Crippen molar-refractivity contribution >= 4 is 27.3 Å². The predicted molar refractivity (Wildman–Crippen MR) is 94.0 cm³/mol. The number of nitrogens with one attached hydrogen (secondary N) is 1. The fourth-order valence-electron chi connectivity index (χ4n) is 2.19. The Morgan fingerprint density at radius 1 is 1.17 bits per heavy atom. The second kappa shape index (κ2) is 7.23. The van der Waals surface area contributed by atoms with Crippen LogP contribution in [0, 0.1) is 0 Å². The van der Waals surface area contributed by atoms with Gasteiger partial charge in [0.1, 0.15) is 10.6 Å². The predicted octanol–water partition coefficient (Wildman–Crippen LogP) is 4.66. The lowest BCUT2D eigenvalue weighted by atomic mass is 9.99. The number of hydrogen-bond acceptors (Lipinski definition) is 3. The molecule has 0 saturated heterocycles. The van der Waals surface area contributed by atoms with Crippen molar-refractivity contribution in [1.82, 2.24) is 0 Å². The van der Waals surface area contributed by atoms with Gasteiger partial charge in [-0.05, 0) is 48.2 Å². The van der Waals surface area contributed by atoms with Crippen LogP contribution in [0.15, 0.2) is 47.4 Å². The van der Waals surface area contributed by atoms with Gasteiger partial charge in [-0.15, -0.1) is 0 Å². The number of methoxy groups -OCH3 is 1. The smallest absolute Gasteiger partial charge is 0.265 e. The summed E-state index contributed by atoms with van der Waals surface area (Å²) in [5.41, 5.74) is 1.68. The van der Waals surface area contributed by atoms with E-state index in [1.165, 1.54) is 24.8 Å². The number of rotatable bonds is 6. The van der Waals surface area contributed by atoms with Gasteiger partial charge in [-0.25, -0.2) is 8.42 Å². The van der Waals surface area contributed by atoms with E-state index in [1.54, 1.807) is 18.2 Å². The number of anilines is 1. The summed E-state index contributed by atoms with van der Waals surface area (Å²) in [4.78, 5) is 0.0125. The van der Waals surface area contributed by atoms with Crippen LogP contribution in [0.5, 0.6) is 5.75 Å². The highest BCUT2D eigenvalue weighted by atomic mass is 35.5. The van der Waals surface area contributed by atoms with E-state index >= 15 is 0 Å². The molecule has 0 aliphatic heterocycles. The molecule has 6 heteroatoms. The molecule has 0 bridgehead atoms. The van der Waals surface area contributed by atoms with Gasteiger partial charge >= 0.3 is 0 Å². The first-order valence-corrected chi connectivity index (χ1v) is 9.19. The lowest BCUT2D eigenvalue weighted by Crippen LogP contribution is -2.14. The molecule has 23 heavy (non-hydrogen) atoms. The first kappa shape index (κ1) is 17.6. The molecule has 0 radical (unpaired) electrons. The van der Waals surface area contributed by atoms with Gasteiger partial charge in [0.2, 0.25) is 0 Å². The van der Waals surface area contributed by atoms with Crippen molar-refractivity contribution in [2.24, 2.45) is 0 Å². The molecule has 124 valence electrons. The Balaban J connectivity index is 2.30. The summed E-state index contributed by atoms with van der Waals surface area (Å²) in [5, 5.41) is 0.332. The van der Waals surface area contributed by atoms with Crippen molar-refractivity contribution in [3.63, 3.8) is 0 Å². The fraction of sp³-hybridized carbons (Fsp3) is 0.294. The third-order valence-corrected chi connectivity index (χ3v) is 5.40. The molecule has 0 saturated carbocycles. The second-order valence-electron chi connectivity index (χ2n) is 5.33. The molecular formula is C17H20ClNO3S. The zero-order valence-corrected chi connectivity index (χ0v) is 14.9. The number of benzene rings is 2. The molecule has 2 aromatic carbocycles. The van der Waals surface area contributed by atoms with Gasteiger partial charge in [0.05, 0.1) is 7.11 Å². The minimum Gasteiger partial charge on any atom is -0.495 e. The van der Waals surface area contributed by atoms with Crippen molar-refractivity contribution in [1.29, 1.82) is 0 Å². The molecule has 0 aromatic heterocycles. The minimum atomic E-state index is -3.78. The molecule has 4 nitrogen and oxygen atoms in total. The molecule has 0 amide bonds. The van der Waals surface area contributed by atoms with Gasteiger partial charge in [0.15, 0.2) is 0 Å². The van der Waals surface area contributed by atoms with Crippen molar-refractivity contribution < 1.29 is 13.2 Å². The normalized spacial score (nSPS) is 12.7. The van der Waals surface area contributed by atoms with Crippen LogP contribution in [0.4, 0.5) is 5.69 Å². The summed E-state index contributed by atoms with van der Waals surface area (Å²) in [6, 6.07) is 11.9. The van der Waals surface area contributed by atoms with E-state index in [4.69, 9.17) is 16.3 Å². The zero-order chi connectivity index (χ0) is 17.0. The number of sulfonamides is 1. The van der Waals surface area contributed by atoms with E-state index in [0.29, 0.717) is 16.6 Å². The van der Waals surface area contributed by atoms with Crippen LogP contribution in [0.25, 0.3) is 0 Å². The molecule has 2 rings (SSSR count). The quantitative estimate of drug-likeness (QED) is 0.821. The highest BCUT2D eigenvalue weighted by Gasteiger charge is 2.20. The van der Waals surface area contributed by atoms with Gasteiger partial charge in [0, 0.05) is 10.7 Å². The summed E-state index contributed by atoms with van der Waals surface area (Å²) in [6.07, 6.45) is 1.03. The average Bonchev–Trinajstić information content (AvgIpc) is 2.54. The van der Waals surface area contributed by atoms with Crippen LogP contribution < -0.4 is 9.46 Å². The van der Waals surface area contributed by atoms with E-state index in [2.05, 4.69) is 18.6 Å². The average molecular weight is 354 g/mol. The Morgan fingerprint density at radius 2 is 1.83 bits per heavy atom. The molecule has 0 unspecified atom stereocenters. The van der Waals surface area contributed by atoms with E-state index in [9.17, 15) is 8.42 Å². The zero-order valence-electron chi connectivity index (χ0n) is 13.3. The summed E-state index contributed by atoms with van der Waals surface area (Å²) < 4.78 is 32.8. The standard InChI is InChI=1S/C17H20ClNO3S/c1-4-12(2)13-5-8-15(9-6-13)19-23(20,21)17-11-14(18)7-10-16(17)22-3/h5-12,19H,4H2,1-3H3/t12-/m0/s1. The molecule has 0 spiro atoms. The maximum Gasteiger partial charge on any atom is 0.265 e. The third-order valence-electron chi connectivity index (χ3n) is 3.76. The molecule has 1 N–H and O–H groups in total. The molecule has 0 fully saturated rings. The minimum absolute atomic E-state index is 0.0125. The van der Waals surface area contributed by atoms with Crippen LogP contribution in [-0.2, 0) is 10.0 Å². The van der Waals surface area contributed by atoms with Crippen molar-refractivity contribution in [3.8, 4) is 5.75 Å². The maximum atomic E-state index is 12.6. The topological polar surface area (TPSA) is 55.4 Å². The number of ether oxygens (including phenoxy) is 1. The number of halogens is 1. The van der Waals surface area contributed by atoms with Crippen molar-refractivity contribution in [2.75, 3.05) is 11.8 Å². The Labute approximate surface area is 142 Å². The number of hydrogen-bond donors (Lipinski definition) is 1. The van der Waals surface area contributed by atoms with Gasteiger partial charge in [-0.2, -0.15) is 0 Å². The summed E-state index contributed by atoms with van der Waals surface area (Å²) in [7, 11) is -2.36. The first-order valence-electron chi connectivity index (χ1n) is 7.33. The van der Waals surface area contributed by atoms with Crippen molar-refractivity contribution in [3.05, 3.63) is 53.1 Å². The molecule has 1 atom stereocenters. The van der Waals surface area contributed by atoms with E-state index in [1.807, 2.05) is 12.1 Å². The van der Waals surface area contributed by atoms with Crippen LogP contribution in [0.2, 0.25) is 5.02 Å². The maximum absolute atomic E-state index is 12.6. The summed E-state index contributed by atoms with van der Waals surface area (Å²) in [6.45, 7) is 4.25. The molecule has 2 aromatic rings. The Hall–Kier alpha value is -1.72. The largest absolute Gasteiger partial charge is 0.495 e. The summed E-state index contributed by atoms with van der Waals surface area (Å²) in [5.74, 6) is 0.687. The van der Waals surface area contributed by atoms with Crippen LogP contribution in [0.1, 0.15) is 31.7 Å². The van der Waals surface area contributed by atoms with E-state index in [-0.39, 0.29) is 10.6 Å². The monoisotopic (exact) mass is 353 g/mol. The molecule has 0 aliphatic rings. The third kappa shape index (κ3) is 4.18. The van der Waals surface area contributed by atoms with Crippen LogP contribution in [0.3, 0.4) is 0 Å². The molecule has 0 heterocycles. The van der Waals surface area contributed by atoms with Crippen LogP contribution in [-0.4, -0.2) is 15.5 Å². The van der Waals surface area contributed by atoms with Crippen LogP contribution >= 0.6 is 11.6 Å². The lowest BCUT2D eigenvalue weighted by molar-refractivity contribution is 0.403. The SMILES string of the molecule is CC[C@H](C)c1ccc(NS(=O)(=O)c2cc(Cl)ccc2OC)cc1. The van der Waals surface area contributed by atoms with Gasteiger partial charge < -0.3 is 4.74 Å². The van der Waals surface area contributed by atoms with Gasteiger partial charge in [-0.1, -0.05) is 37.6 Å². The summed E-state index contributed by atoms with van der Waals surface area (Å²) >= 11 is 5.91. The highest BCUT2D eigenvalue weighted by molar-refractivity contribution is 7.92. The van der Waals surface area contributed by atoms with Gasteiger partial charge in [-0.3, -0.25) is 4.72 Å². The fourth-order valence-corrected chi connectivity index (χ4v) is 3.68. The molecule has 0 aliphatic carbocycles. The molecular weight excluding hydrogens is 334 g/mol. The van der Waals surface area contributed by atoms with E-state index in [0.717, 1.165) is 6.42 Å². The Kier molecular flexibility index (Phi) is 5.55. The highest BCUT2D eigenvalue weighted by Crippen LogP contribution is 2.29. The Morgan fingerprint density at radius 3 is 2.39 bits per heavy atom. The van der Waals surface area contributed by atoms with Crippen molar-refractivity contribution in [2.45, 2.75) is 31.1 Å².